The molecule has 0 aromatic heterocycles. The summed E-state index contributed by atoms with van der Waals surface area (Å²) in [5.74, 6) is 0.429. The molecule has 4 nitrogen and oxygen atoms in total. The van der Waals surface area contributed by atoms with Gasteiger partial charge in [0.25, 0.3) is 0 Å². The van der Waals surface area contributed by atoms with Gasteiger partial charge in [0.1, 0.15) is 0 Å². The number of hydrogen-bond acceptors (Lipinski definition) is 2. The predicted octanol–water partition coefficient (Wildman–Crippen LogP) is 3.35. The maximum absolute atomic E-state index is 8.16. The minimum Gasteiger partial charge on any atom is -0.216 e. The molecule has 0 unspecified atom stereocenters. The fraction of sp³-hybridized carbons (Fsp3) is 0.778. The summed E-state index contributed by atoms with van der Waals surface area (Å²) in [6.07, 6.45) is 2.03. The lowest BCUT2D eigenvalue weighted by molar-refractivity contribution is 0.365. The van der Waals surface area contributed by atoms with Crippen LogP contribution < -0.4 is 0 Å². The molecule has 0 N–H and O–H groups in total. The van der Waals surface area contributed by atoms with Gasteiger partial charge in [-0.05, 0) is 30.1 Å². The van der Waals surface area contributed by atoms with Crippen LogP contribution in [0.4, 0.5) is 0 Å². The smallest absolute Gasteiger partial charge is 0.0467 e. The van der Waals surface area contributed by atoms with Crippen molar-refractivity contribution in [3.8, 4) is 0 Å². The first-order valence-electron chi connectivity index (χ1n) is 4.55. The molecule has 0 rings (SSSR count). The van der Waals surface area contributed by atoms with E-state index in [1.165, 1.54) is 0 Å². The maximum atomic E-state index is 8.16. The van der Waals surface area contributed by atoms with E-state index in [4.69, 9.17) is 17.3 Å². The molecule has 0 aromatic rings. The number of hydrogen-bond donors (Lipinski definition) is 0. The molecule has 0 radical (unpaired) electrons. The molecule has 0 amide bonds. The lowest BCUT2D eigenvalue weighted by atomic mass is 10.0. The van der Waals surface area contributed by atoms with Crippen LogP contribution in [0.15, 0.2) is 16.8 Å². The molecule has 0 bridgehead atoms. The third-order valence-corrected chi connectivity index (χ3v) is 2.16. The molecular weight excluding hydrogens is 200 g/mol. The Hall–Kier alpha value is -0.700. The highest BCUT2D eigenvalue weighted by molar-refractivity contribution is 6.13. The van der Waals surface area contributed by atoms with Gasteiger partial charge in [-0.25, -0.2) is 4.42 Å². The van der Waals surface area contributed by atoms with Crippen LogP contribution in [0.5, 0.6) is 0 Å². The van der Waals surface area contributed by atoms with Crippen LogP contribution in [0.3, 0.4) is 0 Å². The molecule has 0 saturated carbocycles. The third kappa shape index (κ3) is 5.12. The van der Waals surface area contributed by atoms with Crippen LogP contribution in [0, 0.1) is 5.92 Å². The van der Waals surface area contributed by atoms with Gasteiger partial charge in [0.15, 0.2) is 0 Å². The zero-order chi connectivity index (χ0) is 11.1. The fourth-order valence-corrected chi connectivity index (χ4v) is 1.48. The van der Waals surface area contributed by atoms with E-state index < -0.39 is 0 Å². The van der Waals surface area contributed by atoms with Crippen molar-refractivity contribution in [3.05, 3.63) is 22.1 Å². The fourth-order valence-electron chi connectivity index (χ4n) is 1.19. The molecule has 14 heavy (non-hydrogen) atoms. The SMILES string of the molecule is CC(=C[C@H](C(C)C)N(C)Cl)CN=[N+]=[N-]. The van der Waals surface area contributed by atoms with E-state index in [1.54, 1.807) is 4.42 Å². The standard InChI is InChI=1S/C9H17ClN4/c1-7(2)9(14(4)10)5-8(3)6-12-13-11/h5,7,9H,6H2,1-4H3/t9-/m1/s1. The maximum Gasteiger partial charge on any atom is 0.0467 e. The number of rotatable bonds is 5. The average molecular weight is 217 g/mol. The zero-order valence-corrected chi connectivity index (χ0v) is 9.86. The van der Waals surface area contributed by atoms with Crippen LogP contribution in [0.25, 0.3) is 10.4 Å². The highest BCUT2D eigenvalue weighted by Gasteiger charge is 2.14. The van der Waals surface area contributed by atoms with Gasteiger partial charge < -0.3 is 0 Å². The van der Waals surface area contributed by atoms with Gasteiger partial charge >= 0.3 is 0 Å². The summed E-state index contributed by atoms with van der Waals surface area (Å²) in [5.41, 5.74) is 9.20. The van der Waals surface area contributed by atoms with Crippen LogP contribution in [-0.2, 0) is 0 Å². The number of nitrogens with zero attached hydrogens (tertiary/aromatic N) is 4. The molecule has 80 valence electrons. The van der Waals surface area contributed by atoms with Crippen LogP contribution in [-0.4, -0.2) is 24.1 Å². The molecule has 5 heteroatoms. The van der Waals surface area contributed by atoms with Gasteiger partial charge in [0.05, 0.1) is 0 Å². The summed E-state index contributed by atoms with van der Waals surface area (Å²) in [5, 5.41) is 3.49. The van der Waals surface area contributed by atoms with Crippen molar-refractivity contribution in [2.24, 2.45) is 11.0 Å². The normalized spacial score (nSPS) is 14.4. The van der Waals surface area contributed by atoms with Crippen molar-refractivity contribution in [2.45, 2.75) is 26.8 Å². The molecule has 0 spiro atoms. The lowest BCUT2D eigenvalue weighted by Crippen LogP contribution is -2.27. The third-order valence-electron chi connectivity index (χ3n) is 1.93. The van der Waals surface area contributed by atoms with E-state index in [0.29, 0.717) is 12.5 Å². The molecule has 1 atom stereocenters. The first kappa shape index (κ1) is 13.3. The summed E-state index contributed by atoms with van der Waals surface area (Å²) in [6.45, 7) is 6.54. The Labute approximate surface area is 90.3 Å². The molecule has 0 aliphatic heterocycles. The molecule has 0 fully saturated rings. The Kier molecular flexibility index (Phi) is 6.37. The van der Waals surface area contributed by atoms with E-state index in [9.17, 15) is 0 Å². The highest BCUT2D eigenvalue weighted by atomic mass is 35.5. The van der Waals surface area contributed by atoms with Crippen LogP contribution in [0.2, 0.25) is 0 Å². The second-order valence-corrected chi connectivity index (χ2v) is 4.19. The van der Waals surface area contributed by atoms with Crippen molar-refractivity contribution in [1.29, 1.82) is 0 Å². The van der Waals surface area contributed by atoms with Gasteiger partial charge in [-0.2, -0.15) is 0 Å². The van der Waals surface area contributed by atoms with Crippen molar-refractivity contribution in [2.75, 3.05) is 13.6 Å². The first-order valence-corrected chi connectivity index (χ1v) is 4.89. The van der Waals surface area contributed by atoms with Gasteiger partial charge in [-0.1, -0.05) is 30.6 Å². The quantitative estimate of drug-likeness (QED) is 0.229. The van der Waals surface area contributed by atoms with E-state index in [0.717, 1.165) is 5.57 Å². The Morgan fingerprint density at radius 1 is 1.64 bits per heavy atom. The minimum absolute atomic E-state index is 0.172. The summed E-state index contributed by atoms with van der Waals surface area (Å²) in [7, 11) is 1.82. The Morgan fingerprint density at radius 2 is 2.21 bits per heavy atom. The van der Waals surface area contributed by atoms with Crippen LogP contribution in [0.1, 0.15) is 20.8 Å². The molecule has 0 aliphatic carbocycles. The molecule has 0 saturated heterocycles. The van der Waals surface area contributed by atoms with Crippen molar-refractivity contribution in [1.82, 2.24) is 4.42 Å². The number of halogens is 1. The topological polar surface area (TPSA) is 52.0 Å². The second-order valence-electron chi connectivity index (χ2n) is 3.66. The van der Waals surface area contributed by atoms with Gasteiger partial charge in [-0.15, -0.1) is 0 Å². The minimum atomic E-state index is 0.172. The molecular formula is C9H17ClN4. The summed E-state index contributed by atoms with van der Waals surface area (Å²) >= 11 is 5.90. The van der Waals surface area contributed by atoms with Crippen molar-refractivity contribution >= 4 is 11.8 Å². The van der Waals surface area contributed by atoms with Crippen LogP contribution >= 0.6 is 11.8 Å². The van der Waals surface area contributed by atoms with Crippen molar-refractivity contribution < 1.29 is 0 Å². The summed E-state index contributed by atoms with van der Waals surface area (Å²) < 4.78 is 1.64. The Balaban J connectivity index is 4.46. The van der Waals surface area contributed by atoms with E-state index >= 15 is 0 Å². The van der Waals surface area contributed by atoms with E-state index in [1.807, 2.05) is 20.0 Å². The average Bonchev–Trinajstić information content (AvgIpc) is 2.09. The van der Waals surface area contributed by atoms with Gasteiger partial charge in [0.2, 0.25) is 0 Å². The lowest BCUT2D eigenvalue weighted by Gasteiger charge is -2.22. The first-order chi connectivity index (χ1) is 6.49. The summed E-state index contributed by atoms with van der Waals surface area (Å²) in [4.78, 5) is 2.71. The number of azide groups is 1. The number of likely N-dealkylation sites (N-methyl/N-ethyl adjacent to an activating group) is 1. The predicted molar refractivity (Wildman–Crippen MR) is 60.0 cm³/mol. The monoisotopic (exact) mass is 216 g/mol. The van der Waals surface area contributed by atoms with E-state index in [-0.39, 0.29) is 6.04 Å². The zero-order valence-electron chi connectivity index (χ0n) is 9.11. The molecule has 0 aliphatic rings. The highest BCUT2D eigenvalue weighted by Crippen LogP contribution is 2.14. The van der Waals surface area contributed by atoms with Gasteiger partial charge in [0, 0.05) is 24.5 Å². The Morgan fingerprint density at radius 3 is 2.57 bits per heavy atom. The molecule has 0 aromatic carbocycles. The van der Waals surface area contributed by atoms with Crippen molar-refractivity contribution in [3.63, 3.8) is 0 Å². The van der Waals surface area contributed by atoms with E-state index in [2.05, 4.69) is 23.9 Å². The largest absolute Gasteiger partial charge is 0.216 e. The summed E-state index contributed by atoms with van der Waals surface area (Å²) in [6, 6.07) is 0.172. The second kappa shape index (κ2) is 6.71. The molecule has 0 heterocycles. The Bertz CT molecular complexity index is 233. The van der Waals surface area contributed by atoms with Gasteiger partial charge in [-0.3, -0.25) is 0 Å².